The van der Waals surface area contributed by atoms with Crippen LogP contribution in [0.1, 0.15) is 32.3 Å². The average Bonchev–Trinajstić information content (AvgIpc) is 3.28. The lowest BCUT2D eigenvalue weighted by Crippen LogP contribution is -2.30. The second-order valence-electron chi connectivity index (χ2n) is 6.20. The first-order valence-corrected chi connectivity index (χ1v) is 8.73. The molecular formula is C17H26N2OS. The van der Waals surface area contributed by atoms with Gasteiger partial charge in [0.15, 0.2) is 0 Å². The average molecular weight is 306 g/mol. The van der Waals surface area contributed by atoms with E-state index in [1.165, 1.54) is 23.3 Å². The van der Waals surface area contributed by atoms with E-state index in [1.54, 1.807) is 11.8 Å². The van der Waals surface area contributed by atoms with Crippen LogP contribution in [0.3, 0.4) is 0 Å². The Bertz CT molecular complexity index is 472. The SMILES string of the molecule is CC(C)CNCc1cccc(SCC(=O)N(C)C2CC2)c1. The van der Waals surface area contributed by atoms with Gasteiger partial charge < -0.3 is 10.2 Å². The van der Waals surface area contributed by atoms with E-state index in [0.717, 1.165) is 13.1 Å². The molecule has 0 heterocycles. The van der Waals surface area contributed by atoms with Gasteiger partial charge in [0.2, 0.25) is 5.91 Å². The monoisotopic (exact) mass is 306 g/mol. The summed E-state index contributed by atoms with van der Waals surface area (Å²) in [6.45, 7) is 6.34. The molecular weight excluding hydrogens is 280 g/mol. The normalized spacial score (nSPS) is 14.5. The van der Waals surface area contributed by atoms with Crippen molar-refractivity contribution in [3.63, 3.8) is 0 Å². The van der Waals surface area contributed by atoms with E-state index in [2.05, 4.69) is 43.4 Å². The maximum atomic E-state index is 12.0. The van der Waals surface area contributed by atoms with E-state index in [0.29, 0.717) is 17.7 Å². The number of carbonyl (C=O) groups is 1. The first-order chi connectivity index (χ1) is 10.1. The first-order valence-electron chi connectivity index (χ1n) is 7.74. The minimum Gasteiger partial charge on any atom is -0.342 e. The van der Waals surface area contributed by atoms with Crippen LogP contribution in [0, 0.1) is 5.92 Å². The molecule has 0 saturated heterocycles. The largest absolute Gasteiger partial charge is 0.342 e. The molecule has 1 N–H and O–H groups in total. The number of amides is 1. The van der Waals surface area contributed by atoms with Crippen molar-refractivity contribution in [1.82, 2.24) is 10.2 Å². The van der Waals surface area contributed by atoms with E-state index < -0.39 is 0 Å². The summed E-state index contributed by atoms with van der Waals surface area (Å²) >= 11 is 1.64. The van der Waals surface area contributed by atoms with Crippen molar-refractivity contribution in [1.29, 1.82) is 0 Å². The third-order valence-corrected chi connectivity index (χ3v) is 4.61. The van der Waals surface area contributed by atoms with Crippen molar-refractivity contribution >= 4 is 17.7 Å². The Morgan fingerprint density at radius 3 is 2.86 bits per heavy atom. The highest BCUT2D eigenvalue weighted by atomic mass is 32.2. The lowest BCUT2D eigenvalue weighted by atomic mass is 10.2. The Hall–Kier alpha value is -1.00. The van der Waals surface area contributed by atoms with Crippen molar-refractivity contribution in [3.05, 3.63) is 29.8 Å². The van der Waals surface area contributed by atoms with Crippen molar-refractivity contribution < 1.29 is 4.79 Å². The molecule has 0 bridgehead atoms. The molecule has 1 aliphatic rings. The molecule has 1 aromatic rings. The fourth-order valence-electron chi connectivity index (χ4n) is 2.16. The fraction of sp³-hybridized carbons (Fsp3) is 0.588. The smallest absolute Gasteiger partial charge is 0.232 e. The zero-order chi connectivity index (χ0) is 15.2. The van der Waals surface area contributed by atoms with Gasteiger partial charge >= 0.3 is 0 Å². The third-order valence-electron chi connectivity index (χ3n) is 3.63. The Labute approximate surface area is 132 Å². The predicted octanol–water partition coefficient (Wildman–Crippen LogP) is 3.15. The summed E-state index contributed by atoms with van der Waals surface area (Å²) in [5, 5.41) is 3.45. The van der Waals surface area contributed by atoms with Crippen LogP contribution in [-0.2, 0) is 11.3 Å². The number of carbonyl (C=O) groups excluding carboxylic acids is 1. The van der Waals surface area contributed by atoms with Gasteiger partial charge in [-0.15, -0.1) is 11.8 Å². The number of benzene rings is 1. The maximum Gasteiger partial charge on any atom is 0.232 e. The summed E-state index contributed by atoms with van der Waals surface area (Å²) in [5.41, 5.74) is 1.28. The molecule has 1 saturated carbocycles. The summed E-state index contributed by atoms with van der Waals surface area (Å²) < 4.78 is 0. The van der Waals surface area contributed by atoms with Gasteiger partial charge in [0.25, 0.3) is 0 Å². The van der Waals surface area contributed by atoms with Crippen molar-refractivity contribution in [2.75, 3.05) is 19.3 Å². The minimum atomic E-state index is 0.242. The van der Waals surface area contributed by atoms with Gasteiger partial charge in [0.05, 0.1) is 5.75 Å². The number of thioether (sulfide) groups is 1. The van der Waals surface area contributed by atoms with E-state index in [9.17, 15) is 4.79 Å². The van der Waals surface area contributed by atoms with E-state index in [-0.39, 0.29) is 5.91 Å². The molecule has 0 unspecified atom stereocenters. The van der Waals surface area contributed by atoms with Gasteiger partial charge in [-0.25, -0.2) is 0 Å². The first kappa shape index (κ1) is 16.4. The molecule has 0 spiro atoms. The summed E-state index contributed by atoms with van der Waals surface area (Å²) in [5.74, 6) is 1.44. The van der Waals surface area contributed by atoms with Gasteiger partial charge in [-0.3, -0.25) is 4.79 Å². The molecule has 1 fully saturated rings. The standard InChI is InChI=1S/C17H26N2OS/c1-13(2)10-18-11-14-5-4-6-16(9-14)21-12-17(20)19(3)15-7-8-15/h4-6,9,13,15,18H,7-8,10-12H2,1-3H3. The van der Waals surface area contributed by atoms with Crippen molar-refractivity contribution in [3.8, 4) is 0 Å². The summed E-state index contributed by atoms with van der Waals surface area (Å²) in [6.07, 6.45) is 2.34. The predicted molar refractivity (Wildman–Crippen MR) is 89.5 cm³/mol. The van der Waals surface area contributed by atoms with Gasteiger partial charge in [-0.05, 0) is 43.0 Å². The zero-order valence-electron chi connectivity index (χ0n) is 13.3. The molecule has 0 aromatic heterocycles. The molecule has 116 valence electrons. The highest BCUT2D eigenvalue weighted by Gasteiger charge is 2.29. The van der Waals surface area contributed by atoms with E-state index in [1.807, 2.05) is 11.9 Å². The summed E-state index contributed by atoms with van der Waals surface area (Å²) in [4.78, 5) is 15.1. The minimum absolute atomic E-state index is 0.242. The van der Waals surface area contributed by atoms with Crippen LogP contribution in [0.2, 0.25) is 0 Å². The van der Waals surface area contributed by atoms with E-state index in [4.69, 9.17) is 0 Å². The third kappa shape index (κ3) is 5.71. The molecule has 0 radical (unpaired) electrons. The number of hydrogen-bond donors (Lipinski definition) is 1. The topological polar surface area (TPSA) is 32.3 Å². The van der Waals surface area contributed by atoms with Gasteiger partial charge in [-0.1, -0.05) is 26.0 Å². The molecule has 21 heavy (non-hydrogen) atoms. The van der Waals surface area contributed by atoms with Gasteiger partial charge in [0, 0.05) is 24.5 Å². The van der Waals surface area contributed by atoms with Crippen molar-refractivity contribution in [2.24, 2.45) is 5.92 Å². The Morgan fingerprint density at radius 2 is 2.19 bits per heavy atom. The second kappa shape index (κ2) is 7.85. The van der Waals surface area contributed by atoms with E-state index >= 15 is 0 Å². The van der Waals surface area contributed by atoms with Crippen LogP contribution in [0.5, 0.6) is 0 Å². The molecule has 1 amide bonds. The van der Waals surface area contributed by atoms with Crippen LogP contribution in [0.15, 0.2) is 29.2 Å². The molecule has 2 rings (SSSR count). The van der Waals surface area contributed by atoms with Gasteiger partial charge in [-0.2, -0.15) is 0 Å². The molecule has 0 aliphatic heterocycles. The zero-order valence-corrected chi connectivity index (χ0v) is 14.1. The Balaban J connectivity index is 1.78. The fourth-order valence-corrected chi connectivity index (χ4v) is 3.07. The lowest BCUT2D eigenvalue weighted by Gasteiger charge is -2.15. The molecule has 3 nitrogen and oxygen atoms in total. The lowest BCUT2D eigenvalue weighted by molar-refractivity contribution is -0.127. The van der Waals surface area contributed by atoms with Crippen LogP contribution in [0.25, 0.3) is 0 Å². The number of nitrogens with one attached hydrogen (secondary N) is 1. The summed E-state index contributed by atoms with van der Waals surface area (Å²) in [7, 11) is 1.92. The highest BCUT2D eigenvalue weighted by Crippen LogP contribution is 2.27. The molecule has 4 heteroatoms. The molecule has 0 atom stereocenters. The Kier molecular flexibility index (Phi) is 6.12. The van der Waals surface area contributed by atoms with Gasteiger partial charge in [0.1, 0.15) is 0 Å². The van der Waals surface area contributed by atoms with Crippen LogP contribution in [0.4, 0.5) is 0 Å². The van der Waals surface area contributed by atoms with Crippen LogP contribution >= 0.6 is 11.8 Å². The van der Waals surface area contributed by atoms with Crippen LogP contribution < -0.4 is 5.32 Å². The van der Waals surface area contributed by atoms with Crippen molar-refractivity contribution in [2.45, 2.75) is 44.2 Å². The summed E-state index contributed by atoms with van der Waals surface area (Å²) in [6, 6.07) is 8.98. The highest BCUT2D eigenvalue weighted by molar-refractivity contribution is 8.00. The van der Waals surface area contributed by atoms with Crippen LogP contribution in [-0.4, -0.2) is 36.2 Å². The number of hydrogen-bond acceptors (Lipinski definition) is 3. The quantitative estimate of drug-likeness (QED) is 0.749. The molecule has 1 aromatic carbocycles. The Morgan fingerprint density at radius 1 is 1.43 bits per heavy atom. The number of nitrogens with zero attached hydrogens (tertiary/aromatic N) is 1. The number of rotatable bonds is 8. The molecule has 1 aliphatic carbocycles. The maximum absolute atomic E-state index is 12.0. The second-order valence-corrected chi connectivity index (χ2v) is 7.25.